The Bertz CT molecular complexity index is 716. The second kappa shape index (κ2) is 11.9. The summed E-state index contributed by atoms with van der Waals surface area (Å²) in [6.07, 6.45) is 10.9. The predicted octanol–water partition coefficient (Wildman–Crippen LogP) is -2.42. The quantitative estimate of drug-likeness (QED) is 0.332. The van der Waals surface area contributed by atoms with Gasteiger partial charge in [-0.1, -0.05) is 6.42 Å². The van der Waals surface area contributed by atoms with Crippen molar-refractivity contribution < 1.29 is 19.8 Å². The van der Waals surface area contributed by atoms with Gasteiger partial charge in [-0.15, -0.1) is 0 Å². The van der Waals surface area contributed by atoms with E-state index < -0.39 is 0 Å². The second-order valence-electron chi connectivity index (χ2n) is 11.7. The first-order valence-corrected chi connectivity index (χ1v) is 14.5. The maximum Gasteiger partial charge on any atom is 0.243 e. The molecule has 2 amide bonds. The first-order valence-electron chi connectivity index (χ1n) is 14.5. The summed E-state index contributed by atoms with van der Waals surface area (Å²) < 4.78 is 0. The fraction of sp³-hybridized carbons (Fsp3) is 0.923. The molecule has 5 aliphatic heterocycles. The van der Waals surface area contributed by atoms with Crippen LogP contribution in [0.15, 0.2) is 0 Å². The lowest BCUT2D eigenvalue weighted by atomic mass is 10.0. The Morgan fingerprint density at radius 2 is 1.89 bits per heavy atom. The van der Waals surface area contributed by atoms with E-state index in [1.807, 2.05) is 0 Å². The van der Waals surface area contributed by atoms with Crippen LogP contribution in [0.4, 0.5) is 0 Å². The van der Waals surface area contributed by atoms with Crippen LogP contribution in [0, 0.1) is 0 Å². The molecule has 0 spiro atoms. The van der Waals surface area contributed by atoms with Gasteiger partial charge in [0.25, 0.3) is 0 Å². The van der Waals surface area contributed by atoms with Crippen LogP contribution in [0.5, 0.6) is 0 Å². The molecule has 0 radical (unpaired) electrons. The van der Waals surface area contributed by atoms with Gasteiger partial charge in [-0.25, -0.2) is 0 Å². The minimum absolute atomic E-state index is 0.0240. The lowest BCUT2D eigenvalue weighted by Crippen LogP contribution is -3.18. The largest absolute Gasteiger partial charge is 0.349 e. The molecule has 0 saturated carbocycles. The summed E-state index contributed by atoms with van der Waals surface area (Å²) in [4.78, 5) is 34.7. The molecular formula is C26H49N7O2+2. The molecule has 5 saturated heterocycles. The van der Waals surface area contributed by atoms with E-state index in [0.717, 1.165) is 58.7 Å². The molecule has 198 valence electrons. The van der Waals surface area contributed by atoms with E-state index in [9.17, 15) is 9.59 Å². The smallest absolute Gasteiger partial charge is 0.243 e. The van der Waals surface area contributed by atoms with Crippen LogP contribution in [-0.4, -0.2) is 123 Å². The van der Waals surface area contributed by atoms with Crippen molar-refractivity contribution in [3.05, 3.63) is 0 Å². The van der Waals surface area contributed by atoms with Crippen LogP contribution >= 0.6 is 0 Å². The number of likely N-dealkylation sites (N-methyl/N-ethyl adjacent to an activating group) is 1. The van der Waals surface area contributed by atoms with Crippen LogP contribution in [0.1, 0.15) is 57.8 Å². The van der Waals surface area contributed by atoms with E-state index in [-0.39, 0.29) is 11.9 Å². The van der Waals surface area contributed by atoms with E-state index in [0.29, 0.717) is 43.2 Å². The number of fused-ring (bicyclic) bond motifs is 1. The standard InChI is InChI=1S/C26H47N7O2/c1-30-21(8-9-24(34)32-16-14-31(15-17-32)23-7-3-5-12-28-23)18-29-26(35)25-22(30)10-13-33(25)19-20-6-2-4-11-27-20/h20-23,25,27-28H,2-19H2,1H3,(H,29,35)/p+2/t20?,21-,22-,23?,25-/m0/s1. The average Bonchev–Trinajstić information content (AvgIpc) is 3.27. The molecule has 0 aromatic heterocycles. The fourth-order valence-electron chi connectivity index (χ4n) is 7.39. The highest BCUT2D eigenvalue weighted by Gasteiger charge is 2.48. The highest BCUT2D eigenvalue weighted by Crippen LogP contribution is 2.21. The molecule has 5 aliphatic rings. The van der Waals surface area contributed by atoms with Gasteiger partial charge in [-0.3, -0.25) is 19.4 Å². The maximum absolute atomic E-state index is 13.1. The van der Waals surface area contributed by atoms with Gasteiger partial charge in [0.2, 0.25) is 11.8 Å². The van der Waals surface area contributed by atoms with Crippen LogP contribution in [-0.2, 0) is 9.59 Å². The van der Waals surface area contributed by atoms with E-state index in [1.54, 1.807) is 0 Å². The van der Waals surface area contributed by atoms with E-state index in [2.05, 4.69) is 37.7 Å². The van der Waals surface area contributed by atoms with Crippen LogP contribution < -0.4 is 20.9 Å². The Kier molecular flexibility index (Phi) is 8.60. The van der Waals surface area contributed by atoms with Gasteiger partial charge in [-0.05, 0) is 32.2 Å². The average molecular weight is 492 g/mol. The van der Waals surface area contributed by atoms with Gasteiger partial charge in [0.15, 0.2) is 0 Å². The first kappa shape index (κ1) is 25.4. The number of quaternary nitrogens is 2. The molecule has 6 atom stereocenters. The van der Waals surface area contributed by atoms with Gasteiger partial charge in [0.1, 0.15) is 24.3 Å². The van der Waals surface area contributed by atoms with Crippen molar-refractivity contribution in [3.63, 3.8) is 0 Å². The summed E-state index contributed by atoms with van der Waals surface area (Å²) in [5, 5.41) is 9.39. The number of amides is 2. The third-order valence-corrected chi connectivity index (χ3v) is 9.62. The van der Waals surface area contributed by atoms with Gasteiger partial charge in [0.05, 0.1) is 20.1 Å². The van der Waals surface area contributed by atoms with Gasteiger partial charge in [0, 0.05) is 71.0 Å². The zero-order chi connectivity index (χ0) is 24.2. The zero-order valence-electron chi connectivity index (χ0n) is 21.9. The lowest BCUT2D eigenvalue weighted by Gasteiger charge is -2.39. The number of hydrogen-bond acceptors (Lipinski definition) is 5. The summed E-state index contributed by atoms with van der Waals surface area (Å²) in [5.41, 5.74) is 0. The number of nitrogens with zero attached hydrogens (tertiary/aromatic N) is 3. The number of likely N-dealkylation sites (tertiary alicyclic amines) is 1. The molecule has 35 heavy (non-hydrogen) atoms. The van der Waals surface area contributed by atoms with E-state index >= 15 is 0 Å². The number of piperazine rings is 1. The molecule has 0 aromatic rings. The monoisotopic (exact) mass is 491 g/mol. The summed E-state index contributed by atoms with van der Waals surface area (Å²) >= 11 is 0. The third kappa shape index (κ3) is 6.01. The minimum Gasteiger partial charge on any atom is -0.349 e. The normalized spacial score (nSPS) is 37.5. The van der Waals surface area contributed by atoms with Crippen molar-refractivity contribution in [2.24, 2.45) is 0 Å². The Morgan fingerprint density at radius 3 is 2.63 bits per heavy atom. The van der Waals surface area contributed by atoms with Crippen molar-refractivity contribution in [2.75, 3.05) is 66.0 Å². The Labute approximate surface area is 211 Å². The number of hydrogen-bond donors (Lipinski definition) is 4. The fourth-order valence-corrected chi connectivity index (χ4v) is 7.39. The molecule has 3 unspecified atom stereocenters. The highest BCUT2D eigenvalue weighted by molar-refractivity contribution is 5.83. The lowest BCUT2D eigenvalue weighted by molar-refractivity contribution is -0.928. The first-order chi connectivity index (χ1) is 17.1. The van der Waals surface area contributed by atoms with Gasteiger partial charge < -0.3 is 25.8 Å². The van der Waals surface area contributed by atoms with Crippen molar-refractivity contribution in [2.45, 2.75) is 88.1 Å². The second-order valence-corrected chi connectivity index (χ2v) is 11.7. The summed E-state index contributed by atoms with van der Waals surface area (Å²) in [6, 6.07) is 1.13. The number of carbonyl (C=O) groups excluding carboxylic acids is 2. The Balaban J connectivity index is 1.10. The van der Waals surface area contributed by atoms with Crippen molar-refractivity contribution in [1.29, 1.82) is 0 Å². The maximum atomic E-state index is 13.1. The number of carbonyl (C=O) groups is 2. The molecule has 5 rings (SSSR count). The Morgan fingerprint density at radius 1 is 1.06 bits per heavy atom. The number of nitrogens with two attached hydrogens (primary N) is 1. The molecule has 5 heterocycles. The third-order valence-electron chi connectivity index (χ3n) is 9.62. The Hall–Kier alpha value is -1.26. The zero-order valence-corrected chi connectivity index (χ0v) is 21.9. The van der Waals surface area contributed by atoms with Crippen LogP contribution in [0.3, 0.4) is 0 Å². The highest BCUT2D eigenvalue weighted by atomic mass is 16.2. The molecule has 5 fully saturated rings. The molecule has 5 N–H and O–H groups in total. The molecular weight excluding hydrogens is 442 g/mol. The minimum atomic E-state index is -0.0240. The van der Waals surface area contributed by atoms with Gasteiger partial charge in [-0.2, -0.15) is 0 Å². The molecule has 9 heteroatoms. The predicted molar refractivity (Wildman–Crippen MR) is 135 cm³/mol. The molecule has 0 bridgehead atoms. The van der Waals surface area contributed by atoms with Crippen LogP contribution in [0.25, 0.3) is 0 Å². The van der Waals surface area contributed by atoms with Gasteiger partial charge >= 0.3 is 0 Å². The van der Waals surface area contributed by atoms with E-state index in [4.69, 9.17) is 0 Å². The number of rotatable bonds is 6. The van der Waals surface area contributed by atoms with Crippen molar-refractivity contribution >= 4 is 11.8 Å². The summed E-state index contributed by atoms with van der Waals surface area (Å²) in [6.45, 7) is 8.76. The van der Waals surface area contributed by atoms with E-state index in [1.165, 1.54) is 50.0 Å². The molecule has 0 aliphatic carbocycles. The number of piperidine rings is 2. The van der Waals surface area contributed by atoms with Crippen LogP contribution in [0.2, 0.25) is 0 Å². The topological polar surface area (TPSA) is 89.0 Å². The molecule has 0 aromatic carbocycles. The molecule has 9 nitrogen and oxygen atoms in total. The van der Waals surface area contributed by atoms with Crippen molar-refractivity contribution in [3.8, 4) is 0 Å². The summed E-state index contributed by atoms with van der Waals surface area (Å²) in [7, 11) is 2.26. The van der Waals surface area contributed by atoms with Crippen molar-refractivity contribution in [1.82, 2.24) is 25.3 Å². The SMILES string of the molecule is C[NH+]1[C@@H](CCC(=O)N2CCN(C3CCCC[NH2+]3)CC2)CNC(=O)[C@@H]2[C@@H]1CCN2CC1CCCCN1. The summed E-state index contributed by atoms with van der Waals surface area (Å²) in [5.74, 6) is 0.501. The number of nitrogens with one attached hydrogen (secondary N) is 3.